The van der Waals surface area contributed by atoms with Crippen molar-refractivity contribution >= 4 is 27.5 Å². The summed E-state index contributed by atoms with van der Waals surface area (Å²) in [5.41, 5.74) is 3.40. The number of alkyl halides is 1. The molecule has 2 aromatic rings. The predicted molar refractivity (Wildman–Crippen MR) is 88.6 cm³/mol. The number of hydrogen-bond acceptors (Lipinski definition) is 2. The van der Waals surface area contributed by atoms with Crippen LogP contribution in [0.1, 0.15) is 22.1 Å². The predicted octanol–water partition coefficient (Wildman–Crippen LogP) is 5.19. The smallest absolute Gasteiger partial charge is 0.161 e. The van der Waals surface area contributed by atoms with Crippen LogP contribution in [0.25, 0.3) is 0 Å². The number of para-hydroxylation sites is 2. The SMILES string of the molecule is Cc1cc(C(Cl)C2COc3ccccc3O2)c(C)cc1Br. The number of hydrogen-bond donors (Lipinski definition) is 0. The first-order valence-corrected chi connectivity index (χ1v) is 8.08. The lowest BCUT2D eigenvalue weighted by atomic mass is 9.99. The summed E-state index contributed by atoms with van der Waals surface area (Å²) in [6.07, 6.45) is -0.194. The Balaban J connectivity index is 1.87. The van der Waals surface area contributed by atoms with E-state index in [0.29, 0.717) is 6.61 Å². The molecule has 2 atom stereocenters. The van der Waals surface area contributed by atoms with Crippen molar-refractivity contribution in [2.75, 3.05) is 6.61 Å². The molecule has 0 amide bonds. The van der Waals surface area contributed by atoms with Gasteiger partial charge in [0, 0.05) is 4.47 Å². The zero-order chi connectivity index (χ0) is 15.0. The van der Waals surface area contributed by atoms with E-state index in [2.05, 4.69) is 41.9 Å². The third-order valence-corrected chi connectivity index (χ3v) is 5.07. The van der Waals surface area contributed by atoms with Crippen molar-refractivity contribution in [3.8, 4) is 11.5 Å². The van der Waals surface area contributed by atoms with E-state index in [9.17, 15) is 0 Å². The van der Waals surface area contributed by atoms with Crippen molar-refractivity contribution in [1.82, 2.24) is 0 Å². The van der Waals surface area contributed by atoms with Crippen LogP contribution in [0.4, 0.5) is 0 Å². The van der Waals surface area contributed by atoms with Gasteiger partial charge in [0.2, 0.25) is 0 Å². The van der Waals surface area contributed by atoms with E-state index in [-0.39, 0.29) is 11.5 Å². The summed E-state index contributed by atoms with van der Waals surface area (Å²) >= 11 is 10.2. The summed E-state index contributed by atoms with van der Waals surface area (Å²) in [5, 5.41) is -0.245. The van der Waals surface area contributed by atoms with E-state index in [1.54, 1.807) is 0 Å². The molecule has 0 aliphatic carbocycles. The van der Waals surface area contributed by atoms with Crippen molar-refractivity contribution in [2.45, 2.75) is 25.3 Å². The minimum Gasteiger partial charge on any atom is -0.486 e. The van der Waals surface area contributed by atoms with Crippen molar-refractivity contribution in [1.29, 1.82) is 0 Å². The van der Waals surface area contributed by atoms with Gasteiger partial charge in [-0.2, -0.15) is 0 Å². The quantitative estimate of drug-likeness (QED) is 0.680. The van der Waals surface area contributed by atoms with Crippen LogP contribution in [0.2, 0.25) is 0 Å². The largest absolute Gasteiger partial charge is 0.486 e. The molecule has 2 nitrogen and oxygen atoms in total. The van der Waals surface area contributed by atoms with Gasteiger partial charge in [0.1, 0.15) is 6.61 Å². The molecule has 0 aromatic heterocycles. The van der Waals surface area contributed by atoms with E-state index in [0.717, 1.165) is 27.1 Å². The van der Waals surface area contributed by atoms with Gasteiger partial charge in [-0.3, -0.25) is 0 Å². The van der Waals surface area contributed by atoms with Gasteiger partial charge in [0.25, 0.3) is 0 Å². The van der Waals surface area contributed by atoms with Crippen molar-refractivity contribution in [3.05, 3.63) is 57.6 Å². The maximum Gasteiger partial charge on any atom is 0.161 e. The van der Waals surface area contributed by atoms with Gasteiger partial charge in [-0.1, -0.05) is 34.1 Å². The molecule has 1 aliphatic heterocycles. The second kappa shape index (κ2) is 5.90. The molecule has 0 radical (unpaired) electrons. The molecule has 0 saturated carbocycles. The van der Waals surface area contributed by atoms with Crippen LogP contribution in [0.15, 0.2) is 40.9 Å². The Kier molecular flexibility index (Phi) is 4.14. The van der Waals surface area contributed by atoms with Crippen LogP contribution in [-0.4, -0.2) is 12.7 Å². The van der Waals surface area contributed by atoms with Gasteiger partial charge in [0.05, 0.1) is 5.38 Å². The van der Waals surface area contributed by atoms with Crippen molar-refractivity contribution in [3.63, 3.8) is 0 Å². The fraction of sp³-hybridized carbons (Fsp3) is 0.294. The minimum absolute atomic E-state index is 0.194. The van der Waals surface area contributed by atoms with Gasteiger partial charge >= 0.3 is 0 Å². The fourth-order valence-corrected chi connectivity index (χ4v) is 3.30. The first-order chi connectivity index (χ1) is 10.1. The Morgan fingerprint density at radius 2 is 1.86 bits per heavy atom. The molecular weight excluding hydrogens is 352 g/mol. The first-order valence-electron chi connectivity index (χ1n) is 6.85. The highest BCUT2D eigenvalue weighted by atomic mass is 79.9. The number of aryl methyl sites for hydroxylation is 2. The van der Waals surface area contributed by atoms with Gasteiger partial charge in [-0.05, 0) is 48.7 Å². The topological polar surface area (TPSA) is 18.5 Å². The lowest BCUT2D eigenvalue weighted by molar-refractivity contribution is 0.0876. The summed E-state index contributed by atoms with van der Waals surface area (Å²) in [7, 11) is 0. The van der Waals surface area contributed by atoms with Crippen LogP contribution >= 0.6 is 27.5 Å². The van der Waals surface area contributed by atoms with Gasteiger partial charge < -0.3 is 9.47 Å². The Labute approximate surface area is 138 Å². The second-order valence-corrected chi connectivity index (χ2v) is 6.60. The number of rotatable bonds is 2. The van der Waals surface area contributed by atoms with Crippen LogP contribution < -0.4 is 9.47 Å². The average Bonchev–Trinajstić information content (AvgIpc) is 2.50. The molecule has 21 heavy (non-hydrogen) atoms. The number of ether oxygens (including phenoxy) is 2. The molecule has 0 saturated heterocycles. The highest BCUT2D eigenvalue weighted by Crippen LogP contribution is 2.38. The molecule has 0 spiro atoms. The summed E-state index contributed by atoms with van der Waals surface area (Å²) in [4.78, 5) is 0. The normalized spacial score (nSPS) is 18.4. The minimum atomic E-state index is -0.245. The van der Waals surface area contributed by atoms with Crippen LogP contribution in [0.5, 0.6) is 11.5 Å². The van der Waals surface area contributed by atoms with Crippen molar-refractivity contribution in [2.24, 2.45) is 0 Å². The number of fused-ring (bicyclic) bond motifs is 1. The Morgan fingerprint density at radius 1 is 1.14 bits per heavy atom. The third-order valence-electron chi connectivity index (χ3n) is 3.70. The molecule has 0 fully saturated rings. The van der Waals surface area contributed by atoms with Crippen LogP contribution in [0, 0.1) is 13.8 Å². The van der Waals surface area contributed by atoms with Crippen LogP contribution in [-0.2, 0) is 0 Å². The monoisotopic (exact) mass is 366 g/mol. The summed E-state index contributed by atoms with van der Waals surface area (Å²) in [6.45, 7) is 4.58. The Morgan fingerprint density at radius 3 is 2.62 bits per heavy atom. The molecule has 110 valence electrons. The molecule has 1 heterocycles. The van der Waals surface area contributed by atoms with E-state index in [4.69, 9.17) is 21.1 Å². The lowest BCUT2D eigenvalue weighted by Crippen LogP contribution is -2.33. The zero-order valence-corrected chi connectivity index (χ0v) is 14.2. The lowest BCUT2D eigenvalue weighted by Gasteiger charge is -2.30. The zero-order valence-electron chi connectivity index (χ0n) is 11.9. The van der Waals surface area contributed by atoms with Crippen molar-refractivity contribution < 1.29 is 9.47 Å². The second-order valence-electron chi connectivity index (χ2n) is 5.27. The molecule has 0 N–H and O–H groups in total. The fourth-order valence-electron chi connectivity index (χ4n) is 2.48. The maximum atomic E-state index is 6.66. The summed E-state index contributed by atoms with van der Waals surface area (Å²) < 4.78 is 12.9. The summed E-state index contributed by atoms with van der Waals surface area (Å²) in [6, 6.07) is 11.9. The average molecular weight is 368 g/mol. The van der Waals surface area contributed by atoms with E-state index >= 15 is 0 Å². The molecule has 0 bridgehead atoms. The van der Waals surface area contributed by atoms with Gasteiger partial charge in [0.15, 0.2) is 17.6 Å². The molecular formula is C17H16BrClO2. The molecule has 2 unspecified atom stereocenters. The van der Waals surface area contributed by atoms with E-state index in [1.165, 1.54) is 5.56 Å². The molecule has 1 aliphatic rings. The molecule has 4 heteroatoms. The Hall–Kier alpha value is -1.19. The van der Waals surface area contributed by atoms with E-state index < -0.39 is 0 Å². The highest BCUT2D eigenvalue weighted by Gasteiger charge is 2.29. The highest BCUT2D eigenvalue weighted by molar-refractivity contribution is 9.10. The standard InChI is InChI=1S/C17H16BrClO2/c1-10-8-13(18)11(2)7-12(10)17(19)16-9-20-14-5-3-4-6-15(14)21-16/h3-8,16-17H,9H2,1-2H3. The molecule has 2 aromatic carbocycles. The maximum absolute atomic E-state index is 6.66. The number of benzene rings is 2. The Bertz CT molecular complexity index is 672. The summed E-state index contributed by atoms with van der Waals surface area (Å²) in [5.74, 6) is 1.53. The first kappa shape index (κ1) is 14.7. The van der Waals surface area contributed by atoms with Crippen LogP contribution in [0.3, 0.4) is 0 Å². The third kappa shape index (κ3) is 2.90. The number of halogens is 2. The molecule has 3 rings (SSSR count). The van der Waals surface area contributed by atoms with E-state index in [1.807, 2.05) is 24.3 Å². The van der Waals surface area contributed by atoms with Gasteiger partial charge in [-0.15, -0.1) is 11.6 Å². The van der Waals surface area contributed by atoms with Gasteiger partial charge in [-0.25, -0.2) is 0 Å².